The van der Waals surface area contributed by atoms with Gasteiger partial charge in [-0.15, -0.1) is 11.3 Å². The molecule has 0 spiro atoms. The van der Waals surface area contributed by atoms with Crippen LogP contribution < -0.4 is 0 Å². The summed E-state index contributed by atoms with van der Waals surface area (Å²) in [5.74, 6) is 0. The van der Waals surface area contributed by atoms with Gasteiger partial charge in [0.15, 0.2) is 0 Å². The van der Waals surface area contributed by atoms with Crippen LogP contribution >= 0.6 is 34.5 Å². The Morgan fingerprint density at radius 1 is 1.36 bits per heavy atom. The molecule has 14 heavy (non-hydrogen) atoms. The van der Waals surface area contributed by atoms with Crippen molar-refractivity contribution in [1.29, 1.82) is 0 Å². The van der Waals surface area contributed by atoms with Gasteiger partial charge in [0.25, 0.3) is 5.69 Å². The molecule has 3 nitrogen and oxygen atoms in total. The minimum absolute atomic E-state index is 0.0855. The van der Waals surface area contributed by atoms with Gasteiger partial charge in [0.2, 0.25) is 0 Å². The van der Waals surface area contributed by atoms with Crippen LogP contribution in [0, 0.1) is 10.1 Å². The number of nitro benzene ring substituents is 1. The van der Waals surface area contributed by atoms with Crippen molar-refractivity contribution in [3.63, 3.8) is 0 Å². The monoisotopic (exact) mass is 247 g/mol. The predicted octanol–water partition coefficient (Wildman–Crippen LogP) is 4.12. The van der Waals surface area contributed by atoms with E-state index in [-0.39, 0.29) is 10.7 Å². The van der Waals surface area contributed by atoms with Gasteiger partial charge in [-0.25, -0.2) is 0 Å². The van der Waals surface area contributed by atoms with Crippen LogP contribution in [0.2, 0.25) is 9.36 Å². The van der Waals surface area contributed by atoms with Gasteiger partial charge in [-0.3, -0.25) is 10.1 Å². The summed E-state index contributed by atoms with van der Waals surface area (Å²) in [5, 5.41) is 11.6. The molecule has 1 aromatic carbocycles. The Morgan fingerprint density at radius 2 is 2.07 bits per heavy atom. The van der Waals surface area contributed by atoms with Crippen molar-refractivity contribution in [2.45, 2.75) is 0 Å². The lowest BCUT2D eigenvalue weighted by Crippen LogP contribution is -1.87. The summed E-state index contributed by atoms with van der Waals surface area (Å²) in [6, 6.07) is 4.76. The van der Waals surface area contributed by atoms with Crippen molar-refractivity contribution in [3.05, 3.63) is 37.7 Å². The first kappa shape index (κ1) is 9.71. The van der Waals surface area contributed by atoms with Gasteiger partial charge in [-0.2, -0.15) is 0 Å². The fourth-order valence-electron chi connectivity index (χ4n) is 1.17. The lowest BCUT2D eigenvalue weighted by Gasteiger charge is -1.95. The van der Waals surface area contributed by atoms with Gasteiger partial charge < -0.3 is 0 Å². The fourth-order valence-corrected chi connectivity index (χ4v) is 2.69. The van der Waals surface area contributed by atoms with E-state index >= 15 is 0 Å². The third kappa shape index (κ3) is 1.45. The molecule has 0 aliphatic carbocycles. The van der Waals surface area contributed by atoms with E-state index in [1.54, 1.807) is 12.1 Å². The van der Waals surface area contributed by atoms with Gasteiger partial charge in [-0.1, -0.05) is 23.2 Å². The lowest BCUT2D eigenvalue weighted by atomic mass is 10.2. The van der Waals surface area contributed by atoms with Crippen molar-refractivity contribution in [1.82, 2.24) is 0 Å². The molecule has 0 aliphatic heterocycles. The van der Waals surface area contributed by atoms with E-state index in [1.165, 1.54) is 17.4 Å². The number of benzene rings is 1. The average Bonchev–Trinajstić information content (AvgIpc) is 2.46. The minimum Gasteiger partial charge on any atom is -0.258 e. The summed E-state index contributed by atoms with van der Waals surface area (Å²) >= 11 is 12.9. The molecule has 2 aromatic rings. The number of halogens is 2. The Bertz CT molecular complexity index is 523. The molecule has 0 aliphatic rings. The van der Waals surface area contributed by atoms with E-state index in [9.17, 15) is 10.1 Å². The zero-order chi connectivity index (χ0) is 10.3. The molecule has 0 saturated carbocycles. The number of nitro groups is 1. The van der Waals surface area contributed by atoms with Gasteiger partial charge >= 0.3 is 0 Å². The van der Waals surface area contributed by atoms with E-state index in [1.807, 2.05) is 0 Å². The smallest absolute Gasteiger partial charge is 0.258 e. The molecule has 2 rings (SSSR count). The molecule has 0 saturated heterocycles. The predicted molar refractivity (Wildman–Crippen MR) is 58.5 cm³/mol. The molecule has 72 valence electrons. The van der Waals surface area contributed by atoms with Crippen LogP contribution in [0.1, 0.15) is 0 Å². The zero-order valence-corrected chi connectivity index (χ0v) is 8.99. The maximum absolute atomic E-state index is 10.6. The van der Waals surface area contributed by atoms with Crippen LogP contribution in [0.3, 0.4) is 0 Å². The average molecular weight is 248 g/mol. The highest BCUT2D eigenvalue weighted by Crippen LogP contribution is 2.39. The Kier molecular flexibility index (Phi) is 2.34. The van der Waals surface area contributed by atoms with Crippen molar-refractivity contribution in [3.8, 4) is 0 Å². The van der Waals surface area contributed by atoms with E-state index < -0.39 is 4.92 Å². The quantitative estimate of drug-likeness (QED) is 0.562. The number of fused-ring (bicyclic) bond motifs is 1. The Labute approximate surface area is 93.0 Å². The Morgan fingerprint density at radius 3 is 2.71 bits per heavy atom. The van der Waals surface area contributed by atoms with Crippen LogP contribution in [0.4, 0.5) is 5.69 Å². The highest BCUT2D eigenvalue weighted by Gasteiger charge is 2.16. The summed E-state index contributed by atoms with van der Waals surface area (Å²) in [7, 11) is 0. The third-order valence-corrected chi connectivity index (χ3v) is 3.56. The highest BCUT2D eigenvalue weighted by molar-refractivity contribution is 7.23. The summed E-state index contributed by atoms with van der Waals surface area (Å²) in [6.45, 7) is 0. The number of rotatable bonds is 1. The van der Waals surface area contributed by atoms with Crippen molar-refractivity contribution in [2.75, 3.05) is 0 Å². The van der Waals surface area contributed by atoms with Crippen LogP contribution in [-0.2, 0) is 0 Å². The van der Waals surface area contributed by atoms with Crippen LogP contribution in [0.5, 0.6) is 0 Å². The standard InChI is InChI=1S/C8H3Cl2NO2S/c9-6-3-4-1-2-5(11(12)13)7(10)8(4)14-6/h1-3H. The van der Waals surface area contributed by atoms with E-state index in [0.29, 0.717) is 9.04 Å². The summed E-state index contributed by atoms with van der Waals surface area (Å²) < 4.78 is 1.23. The fraction of sp³-hybridized carbons (Fsp3) is 0. The topological polar surface area (TPSA) is 43.1 Å². The van der Waals surface area contributed by atoms with Gasteiger partial charge in [0.1, 0.15) is 5.02 Å². The van der Waals surface area contributed by atoms with Gasteiger partial charge in [0, 0.05) is 6.07 Å². The van der Waals surface area contributed by atoms with Gasteiger partial charge in [-0.05, 0) is 17.5 Å². The second kappa shape index (κ2) is 3.38. The van der Waals surface area contributed by atoms with Crippen molar-refractivity contribution < 1.29 is 4.92 Å². The summed E-state index contributed by atoms with van der Waals surface area (Å²) in [6.07, 6.45) is 0. The first-order valence-corrected chi connectivity index (χ1v) is 5.19. The molecule has 0 fully saturated rings. The van der Waals surface area contributed by atoms with E-state index in [2.05, 4.69) is 0 Å². The largest absolute Gasteiger partial charge is 0.289 e. The summed E-state index contributed by atoms with van der Waals surface area (Å²) in [4.78, 5) is 10.1. The second-order valence-electron chi connectivity index (χ2n) is 2.62. The molecule has 1 heterocycles. The van der Waals surface area contributed by atoms with Gasteiger partial charge in [0.05, 0.1) is 14.0 Å². The number of hydrogen-bond acceptors (Lipinski definition) is 3. The zero-order valence-electron chi connectivity index (χ0n) is 6.66. The van der Waals surface area contributed by atoms with Crippen LogP contribution in [0.25, 0.3) is 10.1 Å². The SMILES string of the molecule is O=[N+]([O-])c1ccc2cc(Cl)sc2c1Cl. The third-order valence-electron chi connectivity index (χ3n) is 1.77. The normalized spacial score (nSPS) is 10.7. The van der Waals surface area contributed by atoms with Crippen molar-refractivity contribution in [2.24, 2.45) is 0 Å². The number of thiophene rings is 1. The van der Waals surface area contributed by atoms with E-state index in [4.69, 9.17) is 23.2 Å². The van der Waals surface area contributed by atoms with Crippen molar-refractivity contribution >= 4 is 50.3 Å². The molecule has 0 unspecified atom stereocenters. The molecular weight excluding hydrogens is 245 g/mol. The lowest BCUT2D eigenvalue weighted by molar-refractivity contribution is -0.384. The highest BCUT2D eigenvalue weighted by atomic mass is 35.5. The van der Waals surface area contributed by atoms with Crippen LogP contribution in [-0.4, -0.2) is 4.92 Å². The molecular formula is C8H3Cl2NO2S. The molecule has 0 bridgehead atoms. The molecule has 1 aromatic heterocycles. The molecule has 0 radical (unpaired) electrons. The summed E-state index contributed by atoms with van der Waals surface area (Å²) in [5.41, 5.74) is -0.0855. The first-order chi connectivity index (χ1) is 6.59. The maximum atomic E-state index is 10.6. The Hall–Kier alpha value is -0.840. The molecule has 0 N–H and O–H groups in total. The van der Waals surface area contributed by atoms with Crippen LogP contribution in [0.15, 0.2) is 18.2 Å². The minimum atomic E-state index is -0.505. The number of hydrogen-bond donors (Lipinski definition) is 0. The number of nitrogens with zero attached hydrogens (tertiary/aromatic N) is 1. The maximum Gasteiger partial charge on any atom is 0.289 e. The van der Waals surface area contributed by atoms with E-state index in [0.717, 1.165) is 5.39 Å². The molecule has 0 atom stereocenters. The molecule has 0 amide bonds. The second-order valence-corrected chi connectivity index (χ2v) is 4.69. The first-order valence-electron chi connectivity index (χ1n) is 3.61. The molecule has 6 heteroatoms. The Balaban J connectivity index is 2.80.